The highest BCUT2D eigenvalue weighted by molar-refractivity contribution is 5.46. The van der Waals surface area contributed by atoms with E-state index in [2.05, 4.69) is 5.32 Å². The second kappa shape index (κ2) is 9.43. The maximum absolute atomic E-state index is 9.68. The van der Waals surface area contributed by atoms with Gasteiger partial charge in [-0.2, -0.15) is 0 Å². The molecule has 0 aliphatic rings. The fraction of sp³-hybridized carbons (Fsp3) is 0.875. The van der Waals surface area contributed by atoms with E-state index in [4.69, 9.17) is 5.73 Å². The van der Waals surface area contributed by atoms with Crippen molar-refractivity contribution in [1.82, 2.24) is 11.1 Å². The SMILES string of the molecule is [NH]CCCCCCCN[C]=O. The van der Waals surface area contributed by atoms with Crippen molar-refractivity contribution >= 4 is 6.41 Å². The van der Waals surface area contributed by atoms with Crippen molar-refractivity contribution in [1.29, 1.82) is 0 Å². The summed E-state index contributed by atoms with van der Waals surface area (Å²) in [7, 11) is 0. The van der Waals surface area contributed by atoms with E-state index >= 15 is 0 Å². The lowest BCUT2D eigenvalue weighted by Crippen LogP contribution is -2.11. The average molecular weight is 156 g/mol. The summed E-state index contributed by atoms with van der Waals surface area (Å²) in [6.45, 7) is 1.28. The quantitative estimate of drug-likeness (QED) is 0.411. The summed E-state index contributed by atoms with van der Waals surface area (Å²) in [5.41, 5.74) is 6.89. The van der Waals surface area contributed by atoms with Gasteiger partial charge in [-0.05, 0) is 12.8 Å². The largest absolute Gasteiger partial charge is 0.348 e. The molecule has 0 aromatic heterocycles. The fourth-order valence-corrected chi connectivity index (χ4v) is 0.920. The molecule has 64 valence electrons. The van der Waals surface area contributed by atoms with Gasteiger partial charge in [-0.3, -0.25) is 10.5 Å². The molecular formula is C8H16N2O. The molecule has 0 aromatic carbocycles. The molecule has 2 radical (unpaired) electrons. The Morgan fingerprint density at radius 2 is 1.73 bits per heavy atom. The predicted molar refractivity (Wildman–Crippen MR) is 44.7 cm³/mol. The van der Waals surface area contributed by atoms with Gasteiger partial charge in [0.1, 0.15) is 0 Å². The van der Waals surface area contributed by atoms with Gasteiger partial charge in [-0.15, -0.1) is 0 Å². The molecule has 0 heterocycles. The first-order chi connectivity index (χ1) is 5.41. The molecule has 3 heteroatoms. The molecule has 0 aromatic rings. The van der Waals surface area contributed by atoms with Gasteiger partial charge < -0.3 is 5.32 Å². The van der Waals surface area contributed by atoms with Crippen molar-refractivity contribution in [3.63, 3.8) is 0 Å². The van der Waals surface area contributed by atoms with Crippen LogP contribution < -0.4 is 11.1 Å². The van der Waals surface area contributed by atoms with E-state index in [0.717, 1.165) is 32.2 Å². The second-order valence-electron chi connectivity index (χ2n) is 2.55. The molecule has 11 heavy (non-hydrogen) atoms. The number of amides is 1. The monoisotopic (exact) mass is 156 g/mol. The number of nitrogens with one attached hydrogen (secondary N) is 2. The lowest BCUT2D eigenvalue weighted by atomic mass is 10.1. The molecule has 3 nitrogen and oxygen atoms in total. The highest BCUT2D eigenvalue weighted by Gasteiger charge is 1.88. The van der Waals surface area contributed by atoms with E-state index in [1.165, 1.54) is 6.42 Å². The molecule has 0 rings (SSSR count). The number of rotatable bonds is 8. The van der Waals surface area contributed by atoms with Gasteiger partial charge >= 0.3 is 6.41 Å². The van der Waals surface area contributed by atoms with Gasteiger partial charge in [-0.1, -0.05) is 19.3 Å². The minimum Gasteiger partial charge on any atom is -0.348 e. The Kier molecular flexibility index (Phi) is 8.94. The van der Waals surface area contributed by atoms with Gasteiger partial charge in [0, 0.05) is 13.1 Å². The summed E-state index contributed by atoms with van der Waals surface area (Å²) in [5.74, 6) is 0. The predicted octanol–water partition coefficient (Wildman–Crippen LogP) is 0.877. The standard InChI is InChI=1S/C8H16N2O/c9-6-4-2-1-3-5-7-10-8-11/h9H,1-7H2,(H,10,11). The zero-order valence-electron chi connectivity index (χ0n) is 6.86. The van der Waals surface area contributed by atoms with Crippen LogP contribution in [-0.2, 0) is 4.79 Å². The summed E-state index contributed by atoms with van der Waals surface area (Å²) in [4.78, 5) is 9.68. The van der Waals surface area contributed by atoms with Crippen molar-refractivity contribution in [3.8, 4) is 0 Å². The van der Waals surface area contributed by atoms with Crippen molar-refractivity contribution < 1.29 is 4.79 Å². The van der Waals surface area contributed by atoms with Crippen LogP contribution >= 0.6 is 0 Å². The number of unbranched alkanes of at least 4 members (excludes halogenated alkanes) is 4. The van der Waals surface area contributed by atoms with E-state index in [9.17, 15) is 4.79 Å². The van der Waals surface area contributed by atoms with E-state index in [1.807, 2.05) is 0 Å². The molecule has 1 amide bonds. The molecule has 0 saturated heterocycles. The summed E-state index contributed by atoms with van der Waals surface area (Å²) in [6.07, 6.45) is 7.16. The molecule has 0 bridgehead atoms. The molecule has 0 aliphatic heterocycles. The molecular weight excluding hydrogens is 140 g/mol. The Bertz CT molecular complexity index is 86.2. The van der Waals surface area contributed by atoms with Crippen molar-refractivity contribution in [3.05, 3.63) is 0 Å². The third-order valence-corrected chi connectivity index (χ3v) is 1.55. The first-order valence-electron chi connectivity index (χ1n) is 4.16. The molecule has 0 fully saturated rings. The number of hydrogen-bond donors (Lipinski definition) is 1. The fourth-order valence-electron chi connectivity index (χ4n) is 0.920. The van der Waals surface area contributed by atoms with E-state index in [0.29, 0.717) is 6.54 Å². The first-order valence-corrected chi connectivity index (χ1v) is 4.16. The zero-order valence-corrected chi connectivity index (χ0v) is 6.86. The molecule has 0 spiro atoms. The van der Waals surface area contributed by atoms with Crippen LogP contribution in [0.3, 0.4) is 0 Å². The van der Waals surface area contributed by atoms with Crippen LogP contribution in [0.2, 0.25) is 0 Å². The van der Waals surface area contributed by atoms with Gasteiger partial charge in [0.25, 0.3) is 0 Å². The molecule has 0 unspecified atom stereocenters. The third kappa shape index (κ3) is 9.43. The highest BCUT2D eigenvalue weighted by Crippen LogP contribution is 2.00. The number of hydrogen-bond acceptors (Lipinski definition) is 1. The lowest BCUT2D eigenvalue weighted by Gasteiger charge is -1.98. The molecule has 0 atom stereocenters. The zero-order chi connectivity index (χ0) is 8.36. The van der Waals surface area contributed by atoms with Crippen LogP contribution in [0.15, 0.2) is 0 Å². The maximum atomic E-state index is 9.68. The minimum absolute atomic E-state index is 0.542. The Hall–Kier alpha value is -0.570. The molecule has 0 saturated carbocycles. The van der Waals surface area contributed by atoms with E-state index < -0.39 is 0 Å². The smallest absolute Gasteiger partial charge is 0.309 e. The van der Waals surface area contributed by atoms with Crippen LogP contribution in [0, 0.1) is 0 Å². The summed E-state index contributed by atoms with van der Waals surface area (Å²) in [5, 5.41) is 2.50. The third-order valence-electron chi connectivity index (χ3n) is 1.55. The second-order valence-corrected chi connectivity index (χ2v) is 2.55. The molecule has 2 N–H and O–H groups in total. The van der Waals surface area contributed by atoms with Crippen LogP contribution in [-0.4, -0.2) is 19.5 Å². The summed E-state index contributed by atoms with van der Waals surface area (Å²) < 4.78 is 0. The van der Waals surface area contributed by atoms with Gasteiger partial charge in [0.2, 0.25) is 0 Å². The lowest BCUT2D eigenvalue weighted by molar-refractivity contribution is 0.535. The van der Waals surface area contributed by atoms with Crippen LogP contribution in [0.25, 0.3) is 0 Å². The van der Waals surface area contributed by atoms with Crippen molar-refractivity contribution in [2.24, 2.45) is 0 Å². The Balaban J connectivity index is 2.74. The average Bonchev–Trinajstić information content (AvgIpc) is 2.03. The summed E-state index contributed by atoms with van der Waals surface area (Å²) >= 11 is 0. The van der Waals surface area contributed by atoms with Crippen molar-refractivity contribution in [2.75, 3.05) is 13.1 Å². The maximum Gasteiger partial charge on any atom is 0.309 e. The normalized spacial score (nSPS) is 9.55. The van der Waals surface area contributed by atoms with E-state index in [1.54, 1.807) is 6.41 Å². The summed E-state index contributed by atoms with van der Waals surface area (Å²) in [6, 6.07) is 0. The van der Waals surface area contributed by atoms with Crippen LogP contribution in [0.1, 0.15) is 32.1 Å². The van der Waals surface area contributed by atoms with E-state index in [-0.39, 0.29) is 0 Å². The van der Waals surface area contributed by atoms with Gasteiger partial charge in [-0.25, -0.2) is 0 Å². The topological polar surface area (TPSA) is 52.9 Å². The minimum atomic E-state index is 0.542. The Morgan fingerprint density at radius 1 is 1.09 bits per heavy atom. The highest BCUT2D eigenvalue weighted by atomic mass is 16.1. The first kappa shape index (κ1) is 10.4. The number of carbonyl (C=O) groups excluding carboxylic acids is 1. The molecule has 0 aliphatic carbocycles. The van der Waals surface area contributed by atoms with Gasteiger partial charge in [0.15, 0.2) is 0 Å². The van der Waals surface area contributed by atoms with Crippen LogP contribution in [0.5, 0.6) is 0 Å². The Morgan fingerprint density at radius 3 is 2.36 bits per heavy atom. The Labute approximate surface area is 68.3 Å². The van der Waals surface area contributed by atoms with Gasteiger partial charge in [0.05, 0.1) is 0 Å². The van der Waals surface area contributed by atoms with Crippen LogP contribution in [0.4, 0.5) is 0 Å². The van der Waals surface area contributed by atoms with Crippen molar-refractivity contribution in [2.45, 2.75) is 32.1 Å².